The largest absolute Gasteiger partial charge is 0.496 e. The predicted molar refractivity (Wildman–Crippen MR) is 85.7 cm³/mol. The zero-order valence-electron chi connectivity index (χ0n) is 13.0. The van der Waals surface area contributed by atoms with E-state index in [0.717, 1.165) is 0 Å². The molecule has 1 atom stereocenters. The number of hydrogen-bond acceptors (Lipinski definition) is 6. The molecule has 3 rings (SSSR count). The lowest BCUT2D eigenvalue weighted by atomic mass is 10.1. The fourth-order valence-electron chi connectivity index (χ4n) is 2.49. The monoisotopic (exact) mass is 316 g/mol. The summed E-state index contributed by atoms with van der Waals surface area (Å²) < 4.78 is 21.0. The van der Waals surface area contributed by atoms with Crippen LogP contribution >= 0.6 is 0 Å². The van der Waals surface area contributed by atoms with E-state index in [1.807, 2.05) is 0 Å². The van der Waals surface area contributed by atoms with E-state index in [9.17, 15) is 4.39 Å². The minimum absolute atomic E-state index is 0.302. The van der Waals surface area contributed by atoms with E-state index >= 15 is 0 Å². The molecule has 0 saturated heterocycles. The molecule has 0 unspecified atom stereocenters. The summed E-state index contributed by atoms with van der Waals surface area (Å²) in [5, 5.41) is 7.84. The molecule has 0 aliphatic heterocycles. The average molecular weight is 316 g/mol. The lowest BCUT2D eigenvalue weighted by molar-refractivity contribution is 0.402. The van der Waals surface area contributed by atoms with Gasteiger partial charge >= 0.3 is 0 Å². The molecular formula is C15H17FN6O. The molecule has 0 aliphatic carbocycles. The number of anilines is 2. The number of rotatable bonds is 4. The summed E-state index contributed by atoms with van der Waals surface area (Å²) in [5.41, 5.74) is 6.94. The first kappa shape index (κ1) is 15.0. The summed E-state index contributed by atoms with van der Waals surface area (Å²) >= 11 is 0. The number of nitrogen functional groups attached to an aromatic ring is 1. The van der Waals surface area contributed by atoms with Gasteiger partial charge < -0.3 is 15.8 Å². The molecule has 0 fully saturated rings. The van der Waals surface area contributed by atoms with Crippen LogP contribution in [0.2, 0.25) is 0 Å². The summed E-state index contributed by atoms with van der Waals surface area (Å²) in [6.45, 7) is 1.80. The van der Waals surface area contributed by atoms with Gasteiger partial charge in [0.25, 0.3) is 0 Å². The Hall–Kier alpha value is -2.90. The van der Waals surface area contributed by atoms with Crippen LogP contribution in [0.15, 0.2) is 24.4 Å². The minimum atomic E-state index is -0.406. The number of benzene rings is 1. The van der Waals surface area contributed by atoms with Crippen molar-refractivity contribution in [1.29, 1.82) is 0 Å². The van der Waals surface area contributed by atoms with Crippen LogP contribution in [0.3, 0.4) is 0 Å². The van der Waals surface area contributed by atoms with E-state index in [4.69, 9.17) is 10.5 Å². The zero-order chi connectivity index (χ0) is 16.6. The standard InChI is InChI=1S/C15H17FN6O/c1-8(12-10(16)5-4-6-11(12)23-3)19-15-20-13(17)9-7-18-22(2)14(9)21-15/h4-8H,1-3H3,(H3,17,19,20,21)/t8-/m1/s1. The fraction of sp³-hybridized carbons (Fsp3) is 0.267. The second-order valence-corrected chi connectivity index (χ2v) is 5.16. The number of nitrogens with zero attached hydrogens (tertiary/aromatic N) is 4. The molecule has 3 aromatic rings. The number of ether oxygens (including phenoxy) is 1. The van der Waals surface area contributed by atoms with E-state index in [2.05, 4.69) is 20.4 Å². The molecule has 0 saturated carbocycles. The number of methoxy groups -OCH3 is 1. The molecule has 0 bridgehead atoms. The van der Waals surface area contributed by atoms with Crippen LogP contribution in [-0.2, 0) is 7.05 Å². The van der Waals surface area contributed by atoms with E-state index in [1.54, 1.807) is 37.0 Å². The first-order valence-electron chi connectivity index (χ1n) is 7.05. The highest BCUT2D eigenvalue weighted by Crippen LogP contribution is 2.30. The fourth-order valence-corrected chi connectivity index (χ4v) is 2.49. The van der Waals surface area contributed by atoms with Crippen LogP contribution in [0.4, 0.5) is 16.2 Å². The van der Waals surface area contributed by atoms with Gasteiger partial charge in [-0.2, -0.15) is 15.1 Å². The van der Waals surface area contributed by atoms with E-state index in [-0.39, 0.29) is 5.82 Å². The Labute approximate surface area is 132 Å². The Bertz CT molecular complexity index is 863. The van der Waals surface area contributed by atoms with Gasteiger partial charge in [-0.05, 0) is 19.1 Å². The summed E-state index contributed by atoms with van der Waals surface area (Å²) in [6.07, 6.45) is 1.61. The molecule has 7 nitrogen and oxygen atoms in total. The minimum Gasteiger partial charge on any atom is -0.496 e. The second kappa shape index (κ2) is 5.71. The highest BCUT2D eigenvalue weighted by Gasteiger charge is 2.18. The summed E-state index contributed by atoms with van der Waals surface area (Å²) in [6, 6.07) is 4.28. The number of hydrogen-bond donors (Lipinski definition) is 2. The van der Waals surface area contributed by atoms with E-state index in [1.165, 1.54) is 13.2 Å². The van der Waals surface area contributed by atoms with Crippen LogP contribution in [0.5, 0.6) is 5.75 Å². The van der Waals surface area contributed by atoms with Gasteiger partial charge in [-0.25, -0.2) is 4.39 Å². The second-order valence-electron chi connectivity index (χ2n) is 5.16. The maximum absolute atomic E-state index is 14.1. The molecule has 23 heavy (non-hydrogen) atoms. The summed E-state index contributed by atoms with van der Waals surface area (Å²) in [4.78, 5) is 8.59. The van der Waals surface area contributed by atoms with Crippen LogP contribution in [0.25, 0.3) is 11.0 Å². The van der Waals surface area contributed by atoms with Crippen LogP contribution < -0.4 is 15.8 Å². The number of fused-ring (bicyclic) bond motifs is 1. The van der Waals surface area contributed by atoms with Gasteiger partial charge in [-0.15, -0.1) is 0 Å². The Morgan fingerprint density at radius 2 is 2.13 bits per heavy atom. The molecule has 120 valence electrons. The topological polar surface area (TPSA) is 90.9 Å². The quantitative estimate of drug-likeness (QED) is 0.767. The molecule has 0 spiro atoms. The number of aromatic nitrogens is 4. The van der Waals surface area contributed by atoms with Gasteiger partial charge in [0.15, 0.2) is 5.65 Å². The predicted octanol–water partition coefficient (Wildman–Crippen LogP) is 2.27. The molecule has 0 aliphatic rings. The molecule has 0 radical (unpaired) electrons. The van der Waals surface area contributed by atoms with Gasteiger partial charge in [0.1, 0.15) is 17.4 Å². The maximum Gasteiger partial charge on any atom is 0.227 e. The van der Waals surface area contributed by atoms with Gasteiger partial charge in [0.2, 0.25) is 5.95 Å². The normalized spacial score (nSPS) is 12.3. The van der Waals surface area contributed by atoms with Crippen LogP contribution in [0.1, 0.15) is 18.5 Å². The number of halogens is 1. The van der Waals surface area contributed by atoms with Crippen LogP contribution in [-0.4, -0.2) is 26.9 Å². The first-order valence-corrected chi connectivity index (χ1v) is 7.05. The Morgan fingerprint density at radius 3 is 2.87 bits per heavy atom. The van der Waals surface area contributed by atoms with Crippen molar-refractivity contribution < 1.29 is 9.13 Å². The Morgan fingerprint density at radius 1 is 1.35 bits per heavy atom. The van der Waals surface area contributed by atoms with Crippen molar-refractivity contribution in [3.05, 3.63) is 35.8 Å². The molecule has 3 N–H and O–H groups in total. The molecule has 8 heteroatoms. The SMILES string of the molecule is COc1cccc(F)c1[C@@H](C)Nc1nc(N)c2cnn(C)c2n1. The maximum atomic E-state index is 14.1. The third-order valence-corrected chi connectivity index (χ3v) is 3.63. The third kappa shape index (κ3) is 2.63. The van der Waals surface area contributed by atoms with E-state index in [0.29, 0.717) is 34.1 Å². The molecule has 1 aromatic carbocycles. The lowest BCUT2D eigenvalue weighted by Crippen LogP contribution is -2.13. The van der Waals surface area contributed by atoms with Crippen molar-refractivity contribution >= 4 is 22.8 Å². The Balaban J connectivity index is 1.97. The molecule has 0 amide bonds. The number of nitrogens with one attached hydrogen (secondary N) is 1. The third-order valence-electron chi connectivity index (χ3n) is 3.63. The number of nitrogens with two attached hydrogens (primary N) is 1. The molecule has 2 aromatic heterocycles. The smallest absolute Gasteiger partial charge is 0.227 e. The first-order chi connectivity index (χ1) is 11.0. The summed E-state index contributed by atoms with van der Waals surface area (Å²) in [5.74, 6) is 0.716. The van der Waals surface area contributed by atoms with Crippen molar-refractivity contribution in [1.82, 2.24) is 19.7 Å². The zero-order valence-corrected chi connectivity index (χ0v) is 13.0. The van der Waals surface area contributed by atoms with Crippen LogP contribution in [0, 0.1) is 5.82 Å². The van der Waals surface area contributed by atoms with Crippen molar-refractivity contribution in [3.63, 3.8) is 0 Å². The highest BCUT2D eigenvalue weighted by atomic mass is 19.1. The van der Waals surface area contributed by atoms with Crippen molar-refractivity contribution in [2.75, 3.05) is 18.2 Å². The lowest BCUT2D eigenvalue weighted by Gasteiger charge is -2.18. The van der Waals surface area contributed by atoms with Crippen molar-refractivity contribution in [3.8, 4) is 5.75 Å². The van der Waals surface area contributed by atoms with Gasteiger partial charge in [-0.3, -0.25) is 4.68 Å². The average Bonchev–Trinajstić information content (AvgIpc) is 2.88. The van der Waals surface area contributed by atoms with Gasteiger partial charge in [-0.1, -0.05) is 6.07 Å². The van der Waals surface area contributed by atoms with Gasteiger partial charge in [0, 0.05) is 7.05 Å². The van der Waals surface area contributed by atoms with Crippen molar-refractivity contribution in [2.45, 2.75) is 13.0 Å². The van der Waals surface area contributed by atoms with Crippen molar-refractivity contribution in [2.24, 2.45) is 7.05 Å². The molecule has 2 heterocycles. The summed E-state index contributed by atoms with van der Waals surface area (Å²) in [7, 11) is 3.27. The van der Waals surface area contributed by atoms with Gasteiger partial charge in [0.05, 0.1) is 30.3 Å². The Kier molecular flexibility index (Phi) is 3.73. The highest BCUT2D eigenvalue weighted by molar-refractivity contribution is 5.86. The van der Waals surface area contributed by atoms with E-state index < -0.39 is 6.04 Å². The molecular weight excluding hydrogens is 299 g/mol. The number of aryl methyl sites for hydroxylation is 1.